The standard InChI is InChI=1S/C21H25F2N3O4/c1-2-25(12-17(27)24-19-15(22)8-5-9-16(19)23)18(28)10-11-26-20(29)13-6-3-4-7-14(13)21(26)30/h5,8-9,13-14H,2-4,6-7,10-12H2,1H3,(H,24,27)/t13-,14+. The van der Waals surface area contributed by atoms with Crippen molar-refractivity contribution in [2.24, 2.45) is 11.8 Å². The van der Waals surface area contributed by atoms with Gasteiger partial charge in [0.25, 0.3) is 0 Å². The molecule has 0 unspecified atom stereocenters. The number of carbonyl (C=O) groups is 4. The molecule has 2 aliphatic rings. The van der Waals surface area contributed by atoms with Crippen molar-refractivity contribution >= 4 is 29.3 Å². The van der Waals surface area contributed by atoms with Gasteiger partial charge >= 0.3 is 0 Å². The van der Waals surface area contributed by atoms with Gasteiger partial charge in [-0.05, 0) is 31.9 Å². The SMILES string of the molecule is CCN(CC(=O)Nc1c(F)cccc1F)C(=O)CCN1C(=O)[C@H]2CCCC[C@H]2C1=O. The summed E-state index contributed by atoms with van der Waals surface area (Å²) in [6.45, 7) is 1.44. The van der Waals surface area contributed by atoms with Crippen LogP contribution in [0.5, 0.6) is 0 Å². The monoisotopic (exact) mass is 421 g/mol. The van der Waals surface area contributed by atoms with Crippen molar-refractivity contribution in [3.8, 4) is 0 Å². The lowest BCUT2D eigenvalue weighted by Crippen LogP contribution is -2.40. The largest absolute Gasteiger partial charge is 0.334 e. The molecular formula is C21H25F2N3O4. The number of benzene rings is 1. The Bertz CT molecular complexity index is 816. The molecule has 1 aliphatic heterocycles. The van der Waals surface area contributed by atoms with E-state index in [-0.39, 0.29) is 43.2 Å². The minimum absolute atomic E-state index is 0.0242. The van der Waals surface area contributed by atoms with Crippen LogP contribution in [0.3, 0.4) is 0 Å². The fraction of sp³-hybridized carbons (Fsp3) is 0.524. The number of amides is 4. The molecule has 1 aromatic rings. The lowest BCUT2D eigenvalue weighted by Gasteiger charge is -2.22. The highest BCUT2D eigenvalue weighted by molar-refractivity contribution is 6.05. The van der Waals surface area contributed by atoms with E-state index in [2.05, 4.69) is 5.32 Å². The number of carbonyl (C=O) groups excluding carboxylic acids is 4. The summed E-state index contributed by atoms with van der Waals surface area (Å²) in [4.78, 5) is 52.1. The number of fused-ring (bicyclic) bond motifs is 1. The molecule has 0 radical (unpaired) electrons. The maximum atomic E-state index is 13.7. The van der Waals surface area contributed by atoms with Gasteiger partial charge in [-0.1, -0.05) is 18.9 Å². The normalized spacial score (nSPS) is 20.8. The van der Waals surface area contributed by atoms with Crippen molar-refractivity contribution in [1.29, 1.82) is 0 Å². The summed E-state index contributed by atoms with van der Waals surface area (Å²) >= 11 is 0. The summed E-state index contributed by atoms with van der Waals surface area (Å²) in [5, 5.41) is 2.14. The van der Waals surface area contributed by atoms with Crippen LogP contribution in [-0.2, 0) is 19.2 Å². The maximum absolute atomic E-state index is 13.7. The van der Waals surface area contributed by atoms with Crippen molar-refractivity contribution < 1.29 is 28.0 Å². The van der Waals surface area contributed by atoms with Gasteiger partial charge in [-0.3, -0.25) is 24.1 Å². The zero-order valence-corrected chi connectivity index (χ0v) is 16.8. The van der Waals surface area contributed by atoms with E-state index in [1.54, 1.807) is 6.92 Å². The van der Waals surface area contributed by atoms with Gasteiger partial charge in [-0.2, -0.15) is 0 Å². The maximum Gasteiger partial charge on any atom is 0.244 e. The predicted molar refractivity (Wildman–Crippen MR) is 104 cm³/mol. The van der Waals surface area contributed by atoms with E-state index in [0.29, 0.717) is 12.8 Å². The van der Waals surface area contributed by atoms with Gasteiger partial charge in [0.05, 0.1) is 18.4 Å². The van der Waals surface area contributed by atoms with Gasteiger partial charge in [0, 0.05) is 19.5 Å². The first-order valence-electron chi connectivity index (χ1n) is 10.2. The summed E-state index contributed by atoms with van der Waals surface area (Å²) in [6, 6.07) is 3.21. The van der Waals surface area contributed by atoms with Crippen molar-refractivity contribution in [2.75, 3.05) is 25.0 Å². The molecule has 1 N–H and O–H groups in total. The molecule has 4 amide bonds. The van der Waals surface area contributed by atoms with Gasteiger partial charge in [-0.15, -0.1) is 0 Å². The highest BCUT2D eigenvalue weighted by Gasteiger charge is 2.47. The molecule has 1 aromatic carbocycles. The Morgan fingerprint density at radius 3 is 2.20 bits per heavy atom. The average molecular weight is 421 g/mol. The predicted octanol–water partition coefficient (Wildman–Crippen LogP) is 2.32. The fourth-order valence-corrected chi connectivity index (χ4v) is 4.16. The lowest BCUT2D eigenvalue weighted by molar-refractivity contribution is -0.141. The smallest absolute Gasteiger partial charge is 0.244 e. The van der Waals surface area contributed by atoms with E-state index < -0.39 is 35.7 Å². The molecule has 30 heavy (non-hydrogen) atoms. The summed E-state index contributed by atoms with van der Waals surface area (Å²) < 4.78 is 27.4. The third kappa shape index (κ3) is 4.49. The lowest BCUT2D eigenvalue weighted by atomic mass is 9.81. The molecule has 0 spiro atoms. The van der Waals surface area contributed by atoms with Crippen molar-refractivity contribution in [3.63, 3.8) is 0 Å². The van der Waals surface area contributed by atoms with Crippen LogP contribution >= 0.6 is 0 Å². The van der Waals surface area contributed by atoms with Crippen LogP contribution in [0, 0.1) is 23.5 Å². The second kappa shape index (κ2) is 9.32. The van der Waals surface area contributed by atoms with Crippen LogP contribution in [0.4, 0.5) is 14.5 Å². The van der Waals surface area contributed by atoms with E-state index in [1.807, 2.05) is 0 Å². The molecular weight excluding hydrogens is 396 g/mol. The number of likely N-dealkylation sites (N-methyl/N-ethyl adjacent to an activating group) is 1. The molecule has 2 atom stereocenters. The van der Waals surface area contributed by atoms with Crippen LogP contribution in [0.15, 0.2) is 18.2 Å². The zero-order valence-electron chi connectivity index (χ0n) is 16.8. The molecule has 162 valence electrons. The van der Waals surface area contributed by atoms with E-state index in [0.717, 1.165) is 25.0 Å². The summed E-state index contributed by atoms with van der Waals surface area (Å²) in [5.41, 5.74) is -0.568. The second-order valence-electron chi connectivity index (χ2n) is 7.63. The van der Waals surface area contributed by atoms with Gasteiger partial charge in [0.15, 0.2) is 0 Å². The molecule has 0 bridgehead atoms. The molecule has 9 heteroatoms. The highest BCUT2D eigenvalue weighted by atomic mass is 19.1. The van der Waals surface area contributed by atoms with Gasteiger partial charge in [0.1, 0.15) is 17.3 Å². The summed E-state index contributed by atoms with van der Waals surface area (Å²) in [5.74, 6) is -3.96. The van der Waals surface area contributed by atoms with E-state index in [4.69, 9.17) is 0 Å². The number of hydrogen-bond acceptors (Lipinski definition) is 4. The Balaban J connectivity index is 1.55. The number of anilines is 1. The average Bonchev–Trinajstić information content (AvgIpc) is 2.97. The molecule has 1 heterocycles. The van der Waals surface area contributed by atoms with Gasteiger partial charge in [0.2, 0.25) is 23.6 Å². The van der Waals surface area contributed by atoms with Crippen LogP contribution < -0.4 is 5.32 Å². The first-order valence-corrected chi connectivity index (χ1v) is 10.2. The molecule has 3 rings (SSSR count). The molecule has 1 saturated carbocycles. The fourth-order valence-electron chi connectivity index (χ4n) is 4.16. The number of halogens is 2. The minimum atomic E-state index is -0.912. The number of rotatable bonds is 7. The Morgan fingerprint density at radius 1 is 1.10 bits per heavy atom. The quantitative estimate of drug-likeness (QED) is 0.685. The van der Waals surface area contributed by atoms with E-state index in [1.165, 1.54) is 15.9 Å². The number of nitrogens with one attached hydrogen (secondary N) is 1. The third-order valence-corrected chi connectivity index (χ3v) is 5.78. The molecule has 1 aliphatic carbocycles. The third-order valence-electron chi connectivity index (χ3n) is 5.78. The van der Waals surface area contributed by atoms with Crippen LogP contribution in [0.2, 0.25) is 0 Å². The topological polar surface area (TPSA) is 86.8 Å². The Labute approximate surface area is 173 Å². The van der Waals surface area contributed by atoms with Crippen molar-refractivity contribution in [2.45, 2.75) is 39.0 Å². The second-order valence-corrected chi connectivity index (χ2v) is 7.63. The van der Waals surface area contributed by atoms with Crippen molar-refractivity contribution in [3.05, 3.63) is 29.8 Å². The van der Waals surface area contributed by atoms with E-state index >= 15 is 0 Å². The van der Waals surface area contributed by atoms with Gasteiger partial charge in [-0.25, -0.2) is 8.78 Å². The molecule has 1 saturated heterocycles. The number of para-hydroxylation sites is 1. The zero-order chi connectivity index (χ0) is 21.8. The Kier molecular flexibility index (Phi) is 6.79. The van der Waals surface area contributed by atoms with Crippen LogP contribution in [0.25, 0.3) is 0 Å². The first-order chi connectivity index (χ1) is 14.3. The van der Waals surface area contributed by atoms with Crippen LogP contribution in [0.1, 0.15) is 39.0 Å². The molecule has 2 fully saturated rings. The number of hydrogen-bond donors (Lipinski definition) is 1. The van der Waals surface area contributed by atoms with Crippen molar-refractivity contribution in [1.82, 2.24) is 9.80 Å². The van der Waals surface area contributed by atoms with Gasteiger partial charge < -0.3 is 10.2 Å². The Hall–Kier alpha value is -2.84. The number of imide groups is 1. The summed E-state index contributed by atoms with van der Waals surface area (Å²) in [6.07, 6.45) is 3.15. The number of nitrogens with zero attached hydrogens (tertiary/aromatic N) is 2. The molecule has 0 aromatic heterocycles. The molecule has 7 nitrogen and oxygen atoms in total. The minimum Gasteiger partial charge on any atom is -0.334 e. The summed E-state index contributed by atoms with van der Waals surface area (Å²) in [7, 11) is 0. The Morgan fingerprint density at radius 2 is 1.67 bits per heavy atom. The van der Waals surface area contributed by atoms with E-state index in [9.17, 15) is 28.0 Å². The highest BCUT2D eigenvalue weighted by Crippen LogP contribution is 2.38. The number of likely N-dealkylation sites (tertiary alicyclic amines) is 1. The first kappa shape index (κ1) is 21.9. The van der Waals surface area contributed by atoms with Crippen LogP contribution in [-0.4, -0.2) is 53.1 Å².